The summed E-state index contributed by atoms with van der Waals surface area (Å²) in [7, 11) is -2.69. The van der Waals surface area contributed by atoms with Crippen LogP contribution in [0.3, 0.4) is 0 Å². The third-order valence-electron chi connectivity index (χ3n) is 5.24. The molecule has 0 aliphatic carbocycles. The second-order valence-electron chi connectivity index (χ2n) is 7.18. The molecule has 3 rings (SSSR count). The summed E-state index contributed by atoms with van der Waals surface area (Å²) in [6.07, 6.45) is 0.327. The molecule has 1 aromatic heterocycles. The van der Waals surface area contributed by atoms with Gasteiger partial charge in [0.2, 0.25) is 10.0 Å². The van der Waals surface area contributed by atoms with Gasteiger partial charge in [0.05, 0.1) is 32.8 Å². The molecular formula is C21H28N2O7S. The zero-order valence-electron chi connectivity index (χ0n) is 18.4. The van der Waals surface area contributed by atoms with Gasteiger partial charge in [-0.1, -0.05) is 5.16 Å². The minimum Gasteiger partial charge on any atom is -0.490 e. The number of esters is 1. The lowest BCUT2D eigenvalue weighted by Crippen LogP contribution is -2.41. The van der Waals surface area contributed by atoms with Crippen molar-refractivity contribution in [3.05, 3.63) is 34.7 Å². The third-order valence-corrected chi connectivity index (χ3v) is 7.39. The van der Waals surface area contributed by atoms with E-state index in [1.54, 1.807) is 19.9 Å². The van der Waals surface area contributed by atoms with Gasteiger partial charge in [0, 0.05) is 6.54 Å². The molecule has 31 heavy (non-hydrogen) atoms. The van der Waals surface area contributed by atoms with Gasteiger partial charge in [-0.25, -0.2) is 8.42 Å². The number of aryl methyl sites for hydroxylation is 2. The van der Waals surface area contributed by atoms with Crippen molar-refractivity contribution in [2.24, 2.45) is 0 Å². The quantitative estimate of drug-likeness (QED) is 0.563. The number of hydrogen-bond acceptors (Lipinski definition) is 8. The minimum atomic E-state index is -3.97. The Bertz CT molecular complexity index is 1040. The number of benzene rings is 1. The molecule has 9 nitrogen and oxygen atoms in total. The highest BCUT2D eigenvalue weighted by Gasteiger charge is 2.41. The van der Waals surface area contributed by atoms with E-state index in [0.29, 0.717) is 36.7 Å². The Labute approximate surface area is 182 Å². The van der Waals surface area contributed by atoms with Crippen LogP contribution in [-0.2, 0) is 26.0 Å². The van der Waals surface area contributed by atoms with Crippen LogP contribution in [-0.4, -0.2) is 50.7 Å². The highest BCUT2D eigenvalue weighted by atomic mass is 32.2. The molecule has 0 spiro atoms. The van der Waals surface area contributed by atoms with E-state index in [-0.39, 0.29) is 29.3 Å². The first kappa shape index (κ1) is 23.1. The van der Waals surface area contributed by atoms with E-state index < -0.39 is 22.0 Å². The number of nitrogens with zero attached hydrogens (tertiary/aromatic N) is 2. The molecule has 1 unspecified atom stereocenters. The van der Waals surface area contributed by atoms with Gasteiger partial charge in [-0.3, -0.25) is 4.79 Å². The highest BCUT2D eigenvalue weighted by molar-refractivity contribution is 7.89. The van der Waals surface area contributed by atoms with Crippen LogP contribution in [0.4, 0.5) is 0 Å². The Balaban J connectivity index is 2.14. The van der Waals surface area contributed by atoms with Crippen molar-refractivity contribution in [2.45, 2.75) is 51.5 Å². The molecule has 0 radical (unpaired) electrons. The van der Waals surface area contributed by atoms with Gasteiger partial charge in [0.1, 0.15) is 10.6 Å². The molecule has 0 N–H and O–H groups in total. The average Bonchev–Trinajstić information content (AvgIpc) is 3.07. The van der Waals surface area contributed by atoms with E-state index in [1.165, 1.54) is 11.4 Å². The van der Waals surface area contributed by atoms with E-state index in [9.17, 15) is 13.2 Å². The van der Waals surface area contributed by atoms with Crippen LogP contribution in [0, 0.1) is 13.8 Å². The Hall–Kier alpha value is -2.59. The second-order valence-corrected chi connectivity index (χ2v) is 9.01. The van der Waals surface area contributed by atoms with Crippen LogP contribution in [0.2, 0.25) is 0 Å². The predicted molar refractivity (Wildman–Crippen MR) is 112 cm³/mol. The fourth-order valence-electron chi connectivity index (χ4n) is 3.92. The Morgan fingerprint density at radius 1 is 1.19 bits per heavy atom. The molecule has 1 aliphatic rings. The molecule has 170 valence electrons. The van der Waals surface area contributed by atoms with Gasteiger partial charge in [0.25, 0.3) is 0 Å². The predicted octanol–water partition coefficient (Wildman–Crippen LogP) is 2.94. The summed E-state index contributed by atoms with van der Waals surface area (Å²) >= 11 is 0. The maximum atomic E-state index is 13.6. The zero-order chi connectivity index (χ0) is 22.8. The van der Waals surface area contributed by atoms with Crippen LogP contribution >= 0.6 is 0 Å². The van der Waals surface area contributed by atoms with Gasteiger partial charge in [-0.2, -0.15) is 4.31 Å². The number of sulfonamides is 1. The third kappa shape index (κ3) is 4.40. The minimum absolute atomic E-state index is 0.0294. The lowest BCUT2D eigenvalue weighted by atomic mass is 9.91. The molecule has 0 fully saturated rings. The lowest BCUT2D eigenvalue weighted by molar-refractivity contribution is -0.141. The first-order chi connectivity index (χ1) is 14.7. The van der Waals surface area contributed by atoms with Crippen molar-refractivity contribution in [3.63, 3.8) is 0 Å². The monoisotopic (exact) mass is 452 g/mol. The maximum Gasteiger partial charge on any atom is 0.307 e. The molecule has 1 atom stereocenters. The van der Waals surface area contributed by atoms with E-state index in [4.69, 9.17) is 18.7 Å². The van der Waals surface area contributed by atoms with Gasteiger partial charge in [-0.05, 0) is 57.4 Å². The first-order valence-corrected chi connectivity index (χ1v) is 11.6. The van der Waals surface area contributed by atoms with E-state index >= 15 is 0 Å². The lowest BCUT2D eigenvalue weighted by Gasteiger charge is -2.36. The molecule has 1 aromatic carbocycles. The summed E-state index contributed by atoms with van der Waals surface area (Å²) in [4.78, 5) is 12.3. The molecule has 0 amide bonds. The van der Waals surface area contributed by atoms with Crippen molar-refractivity contribution >= 4 is 16.0 Å². The van der Waals surface area contributed by atoms with Crippen LogP contribution in [0.25, 0.3) is 0 Å². The van der Waals surface area contributed by atoms with Crippen molar-refractivity contribution in [3.8, 4) is 11.5 Å². The largest absolute Gasteiger partial charge is 0.490 e. The van der Waals surface area contributed by atoms with Crippen molar-refractivity contribution in [1.82, 2.24) is 9.46 Å². The number of ether oxygens (including phenoxy) is 3. The molecule has 0 bridgehead atoms. The summed E-state index contributed by atoms with van der Waals surface area (Å²) in [5, 5.41) is 3.79. The highest BCUT2D eigenvalue weighted by Crippen LogP contribution is 2.42. The van der Waals surface area contributed by atoms with Crippen LogP contribution in [0.1, 0.15) is 48.9 Å². The zero-order valence-corrected chi connectivity index (χ0v) is 19.2. The molecule has 0 saturated carbocycles. The molecular weight excluding hydrogens is 424 g/mol. The standard InChI is InChI=1S/C21H28N2O7S/c1-6-28-18-10-15-8-9-23(31(25,26)21-13(3)22-30-14(21)4)17(12-20(24)27-5)16(15)11-19(18)29-7-2/h10-11,17H,6-9,12H2,1-5H3. The fourth-order valence-corrected chi connectivity index (χ4v) is 5.82. The normalized spacial score (nSPS) is 16.6. The molecule has 1 aliphatic heterocycles. The molecule has 0 saturated heterocycles. The maximum absolute atomic E-state index is 13.6. The van der Waals surface area contributed by atoms with Gasteiger partial charge < -0.3 is 18.7 Å². The van der Waals surface area contributed by atoms with Gasteiger partial charge >= 0.3 is 5.97 Å². The molecule has 2 heterocycles. The number of carbonyl (C=O) groups excluding carboxylic acids is 1. The van der Waals surface area contributed by atoms with Gasteiger partial charge in [-0.15, -0.1) is 0 Å². The topological polar surface area (TPSA) is 108 Å². The van der Waals surface area contributed by atoms with E-state index in [1.807, 2.05) is 19.9 Å². The second kappa shape index (κ2) is 9.27. The summed E-state index contributed by atoms with van der Waals surface area (Å²) in [6.45, 7) is 7.96. The number of carbonyl (C=O) groups is 1. The number of hydrogen-bond donors (Lipinski definition) is 0. The summed E-state index contributed by atoms with van der Waals surface area (Å²) in [5.74, 6) is 0.807. The van der Waals surface area contributed by atoms with Crippen LogP contribution < -0.4 is 9.47 Å². The molecule has 2 aromatic rings. The summed E-state index contributed by atoms with van der Waals surface area (Å²) < 4.78 is 49.9. The van der Waals surface area contributed by atoms with E-state index in [0.717, 1.165) is 5.56 Å². The summed E-state index contributed by atoms with van der Waals surface area (Å²) in [6, 6.07) is 2.88. The fraction of sp³-hybridized carbons (Fsp3) is 0.524. The van der Waals surface area contributed by atoms with Gasteiger partial charge in [0.15, 0.2) is 17.3 Å². The first-order valence-electron chi connectivity index (χ1n) is 10.2. The van der Waals surface area contributed by atoms with Crippen LogP contribution in [0.5, 0.6) is 11.5 Å². The number of fused-ring (bicyclic) bond motifs is 1. The number of rotatable bonds is 8. The summed E-state index contributed by atoms with van der Waals surface area (Å²) in [5.41, 5.74) is 1.88. The Kier molecular flexibility index (Phi) is 6.90. The smallest absolute Gasteiger partial charge is 0.307 e. The van der Waals surface area contributed by atoms with Crippen molar-refractivity contribution in [2.75, 3.05) is 26.9 Å². The van der Waals surface area contributed by atoms with Crippen molar-refractivity contribution in [1.29, 1.82) is 0 Å². The molecule has 10 heteroatoms. The average molecular weight is 453 g/mol. The number of aromatic nitrogens is 1. The number of methoxy groups -OCH3 is 1. The Morgan fingerprint density at radius 3 is 2.39 bits per heavy atom. The Morgan fingerprint density at radius 2 is 1.84 bits per heavy atom. The van der Waals surface area contributed by atoms with E-state index in [2.05, 4.69) is 5.16 Å². The SMILES string of the molecule is CCOc1cc2c(cc1OCC)C(CC(=O)OC)N(S(=O)(=O)c1c(C)noc1C)CC2. The van der Waals surface area contributed by atoms with Crippen molar-refractivity contribution < 1.29 is 31.9 Å². The van der Waals surface area contributed by atoms with Crippen LogP contribution in [0.15, 0.2) is 21.6 Å².